The number of nitrogens with one attached hydrogen (secondary N) is 1. The maximum absolute atomic E-state index is 13.2. The summed E-state index contributed by atoms with van der Waals surface area (Å²) in [5.74, 6) is 1.40. The molecule has 0 amide bonds. The first kappa shape index (κ1) is 19.2. The summed E-state index contributed by atoms with van der Waals surface area (Å²) < 4.78 is 13.2. The van der Waals surface area contributed by atoms with E-state index in [1.54, 1.807) is 0 Å². The first-order chi connectivity index (χ1) is 14.1. The second-order valence-corrected chi connectivity index (χ2v) is 7.42. The first-order valence-corrected chi connectivity index (χ1v) is 9.98. The van der Waals surface area contributed by atoms with E-state index >= 15 is 0 Å². The molecule has 1 saturated heterocycles. The number of anilines is 3. The lowest BCUT2D eigenvalue weighted by molar-refractivity contribution is 0.624. The smallest absolute Gasteiger partial charge is 0.225 e. The van der Waals surface area contributed by atoms with Gasteiger partial charge in [-0.1, -0.05) is 24.3 Å². The molecule has 1 aromatic heterocycles. The number of aromatic nitrogens is 2. The maximum atomic E-state index is 13.2. The molecule has 2 aromatic carbocycles. The van der Waals surface area contributed by atoms with Gasteiger partial charge in [0.1, 0.15) is 11.6 Å². The molecule has 1 N–H and O–H groups in total. The Morgan fingerprint density at radius 1 is 0.897 bits per heavy atom. The second kappa shape index (κ2) is 8.47. The molecule has 0 radical (unpaired) electrons. The van der Waals surface area contributed by atoms with Crippen molar-refractivity contribution in [1.82, 2.24) is 9.97 Å². The molecule has 1 aliphatic rings. The van der Waals surface area contributed by atoms with Crippen molar-refractivity contribution >= 4 is 17.5 Å². The third-order valence-corrected chi connectivity index (χ3v) is 5.33. The van der Waals surface area contributed by atoms with Crippen molar-refractivity contribution in [2.45, 2.75) is 20.4 Å². The summed E-state index contributed by atoms with van der Waals surface area (Å²) >= 11 is 0. The number of benzene rings is 2. The van der Waals surface area contributed by atoms with Gasteiger partial charge >= 0.3 is 0 Å². The van der Waals surface area contributed by atoms with E-state index in [2.05, 4.69) is 39.2 Å². The standard InChI is InChI=1S/C23H26FN5/c1-17-5-3-4-6-19(17)16-25-23-26-18(2)15-22(27-23)29-13-11-28(12-14-29)21-9-7-20(24)8-10-21/h3-10,15H,11-14,16H2,1-2H3,(H,25,26,27). The van der Waals surface area contributed by atoms with Crippen LogP contribution in [0.5, 0.6) is 0 Å². The van der Waals surface area contributed by atoms with Crippen LogP contribution in [0.25, 0.3) is 0 Å². The van der Waals surface area contributed by atoms with E-state index in [4.69, 9.17) is 4.98 Å². The molecule has 2 heterocycles. The van der Waals surface area contributed by atoms with E-state index in [9.17, 15) is 4.39 Å². The molecule has 1 aliphatic heterocycles. The number of piperazine rings is 1. The van der Waals surface area contributed by atoms with Crippen LogP contribution in [-0.2, 0) is 6.54 Å². The van der Waals surface area contributed by atoms with E-state index in [0.29, 0.717) is 12.5 Å². The highest BCUT2D eigenvalue weighted by Crippen LogP contribution is 2.21. The molecule has 0 atom stereocenters. The van der Waals surface area contributed by atoms with Gasteiger partial charge in [0.05, 0.1) is 0 Å². The molecular formula is C23H26FN5. The molecular weight excluding hydrogens is 365 g/mol. The van der Waals surface area contributed by atoms with Crippen LogP contribution in [0.1, 0.15) is 16.8 Å². The molecule has 3 aromatic rings. The van der Waals surface area contributed by atoms with E-state index in [1.165, 1.54) is 23.3 Å². The quantitative estimate of drug-likeness (QED) is 0.707. The van der Waals surface area contributed by atoms with Crippen molar-refractivity contribution in [3.63, 3.8) is 0 Å². The van der Waals surface area contributed by atoms with Crippen LogP contribution >= 0.6 is 0 Å². The van der Waals surface area contributed by atoms with Crippen molar-refractivity contribution in [2.75, 3.05) is 41.3 Å². The molecule has 5 nitrogen and oxygen atoms in total. The number of rotatable bonds is 5. The van der Waals surface area contributed by atoms with E-state index in [0.717, 1.165) is 43.4 Å². The average Bonchev–Trinajstić information content (AvgIpc) is 2.73. The van der Waals surface area contributed by atoms with Crippen LogP contribution in [0, 0.1) is 19.7 Å². The Morgan fingerprint density at radius 2 is 1.59 bits per heavy atom. The average molecular weight is 391 g/mol. The zero-order valence-corrected chi connectivity index (χ0v) is 16.9. The molecule has 0 bridgehead atoms. The summed E-state index contributed by atoms with van der Waals surface area (Å²) in [6.07, 6.45) is 0. The molecule has 0 unspecified atom stereocenters. The molecule has 1 fully saturated rings. The molecule has 29 heavy (non-hydrogen) atoms. The van der Waals surface area contributed by atoms with Gasteiger partial charge < -0.3 is 15.1 Å². The lowest BCUT2D eigenvalue weighted by Crippen LogP contribution is -2.46. The summed E-state index contributed by atoms with van der Waals surface area (Å²) in [6.45, 7) is 8.30. The Hall–Kier alpha value is -3.15. The van der Waals surface area contributed by atoms with E-state index in [1.807, 2.05) is 37.3 Å². The largest absolute Gasteiger partial charge is 0.368 e. The van der Waals surface area contributed by atoms with Crippen molar-refractivity contribution in [1.29, 1.82) is 0 Å². The Morgan fingerprint density at radius 3 is 2.31 bits per heavy atom. The Labute approximate surface area is 171 Å². The Bertz CT molecular complexity index is 965. The SMILES string of the molecule is Cc1cc(N2CCN(c3ccc(F)cc3)CC2)nc(NCc2ccccc2C)n1. The van der Waals surface area contributed by atoms with Crippen molar-refractivity contribution in [3.05, 3.63) is 77.2 Å². The summed E-state index contributed by atoms with van der Waals surface area (Å²) in [7, 11) is 0. The van der Waals surface area contributed by atoms with Crippen LogP contribution in [0.2, 0.25) is 0 Å². The Balaban J connectivity index is 1.41. The lowest BCUT2D eigenvalue weighted by Gasteiger charge is -2.36. The van der Waals surface area contributed by atoms with Gasteiger partial charge in [-0.15, -0.1) is 0 Å². The van der Waals surface area contributed by atoms with Gasteiger partial charge in [-0.3, -0.25) is 0 Å². The fraction of sp³-hybridized carbons (Fsp3) is 0.304. The fourth-order valence-corrected chi connectivity index (χ4v) is 3.62. The monoisotopic (exact) mass is 391 g/mol. The third-order valence-electron chi connectivity index (χ3n) is 5.33. The minimum atomic E-state index is -0.199. The normalized spacial score (nSPS) is 14.2. The Kier molecular flexibility index (Phi) is 5.60. The summed E-state index contributed by atoms with van der Waals surface area (Å²) in [4.78, 5) is 13.9. The predicted octanol–water partition coefficient (Wildman–Crippen LogP) is 4.17. The van der Waals surface area contributed by atoms with E-state index in [-0.39, 0.29) is 5.82 Å². The number of hydrogen-bond donors (Lipinski definition) is 1. The third kappa shape index (κ3) is 4.65. The second-order valence-electron chi connectivity index (χ2n) is 7.42. The van der Waals surface area contributed by atoms with Crippen LogP contribution in [-0.4, -0.2) is 36.1 Å². The summed E-state index contributed by atoms with van der Waals surface area (Å²) in [5.41, 5.74) is 4.51. The number of nitrogens with zero attached hydrogens (tertiary/aromatic N) is 4. The fourth-order valence-electron chi connectivity index (χ4n) is 3.62. The minimum Gasteiger partial charge on any atom is -0.368 e. The van der Waals surface area contributed by atoms with E-state index < -0.39 is 0 Å². The highest BCUT2D eigenvalue weighted by atomic mass is 19.1. The lowest BCUT2D eigenvalue weighted by atomic mass is 10.1. The van der Waals surface area contributed by atoms with Gasteiger partial charge in [-0.2, -0.15) is 4.98 Å². The van der Waals surface area contributed by atoms with Gasteiger partial charge in [0, 0.05) is 50.2 Å². The number of halogens is 1. The molecule has 4 rings (SSSR count). The number of aryl methyl sites for hydroxylation is 2. The van der Waals surface area contributed by atoms with Gasteiger partial charge in [-0.25, -0.2) is 9.37 Å². The van der Waals surface area contributed by atoms with Crippen molar-refractivity contribution < 1.29 is 4.39 Å². The predicted molar refractivity (Wildman–Crippen MR) is 116 cm³/mol. The van der Waals surface area contributed by atoms with Crippen molar-refractivity contribution in [3.8, 4) is 0 Å². The number of hydrogen-bond acceptors (Lipinski definition) is 5. The van der Waals surface area contributed by atoms with Crippen LogP contribution < -0.4 is 15.1 Å². The summed E-state index contributed by atoms with van der Waals surface area (Å²) in [5, 5.41) is 3.37. The topological polar surface area (TPSA) is 44.3 Å². The minimum absolute atomic E-state index is 0.199. The van der Waals surface area contributed by atoms with Gasteiger partial charge in [-0.05, 0) is 49.2 Å². The molecule has 0 saturated carbocycles. The van der Waals surface area contributed by atoms with Gasteiger partial charge in [0.2, 0.25) is 5.95 Å². The molecule has 150 valence electrons. The highest BCUT2D eigenvalue weighted by molar-refractivity contribution is 5.51. The van der Waals surface area contributed by atoms with Crippen LogP contribution in [0.4, 0.5) is 21.8 Å². The van der Waals surface area contributed by atoms with Crippen molar-refractivity contribution in [2.24, 2.45) is 0 Å². The zero-order valence-electron chi connectivity index (χ0n) is 16.9. The molecule has 0 spiro atoms. The highest BCUT2D eigenvalue weighted by Gasteiger charge is 2.19. The van der Waals surface area contributed by atoms with Gasteiger partial charge in [0.25, 0.3) is 0 Å². The maximum Gasteiger partial charge on any atom is 0.225 e. The zero-order chi connectivity index (χ0) is 20.2. The van der Waals surface area contributed by atoms with Crippen LogP contribution in [0.15, 0.2) is 54.6 Å². The first-order valence-electron chi connectivity index (χ1n) is 9.98. The summed E-state index contributed by atoms with van der Waals surface area (Å²) in [6, 6.07) is 17.1. The molecule has 0 aliphatic carbocycles. The molecule has 6 heteroatoms. The van der Waals surface area contributed by atoms with Crippen LogP contribution in [0.3, 0.4) is 0 Å². The van der Waals surface area contributed by atoms with Gasteiger partial charge in [0.15, 0.2) is 0 Å².